The van der Waals surface area contributed by atoms with E-state index in [-0.39, 0.29) is 18.7 Å². The fourth-order valence-corrected chi connectivity index (χ4v) is 1.52. The van der Waals surface area contributed by atoms with Crippen molar-refractivity contribution in [2.75, 3.05) is 13.1 Å². The highest BCUT2D eigenvalue weighted by Crippen LogP contribution is 2.03. The van der Waals surface area contributed by atoms with Crippen LogP contribution in [0.5, 0.6) is 0 Å². The van der Waals surface area contributed by atoms with Crippen molar-refractivity contribution in [3.05, 3.63) is 24.2 Å². The summed E-state index contributed by atoms with van der Waals surface area (Å²) in [5.41, 5.74) is 0. The van der Waals surface area contributed by atoms with Crippen molar-refractivity contribution in [1.29, 1.82) is 0 Å². The summed E-state index contributed by atoms with van der Waals surface area (Å²) < 4.78 is 10.0. The van der Waals surface area contributed by atoms with Crippen molar-refractivity contribution in [3.8, 4) is 0 Å². The molecule has 0 bridgehead atoms. The van der Waals surface area contributed by atoms with Crippen LogP contribution in [-0.4, -0.2) is 25.2 Å². The smallest absolute Gasteiger partial charge is 0.407 e. The minimum absolute atomic E-state index is 0.180. The molecule has 1 fully saturated rings. The van der Waals surface area contributed by atoms with Crippen molar-refractivity contribution in [3.63, 3.8) is 0 Å². The Balaban J connectivity index is 1.68. The lowest BCUT2D eigenvalue weighted by Gasteiger charge is -2.10. The zero-order chi connectivity index (χ0) is 10.5. The number of ether oxygens (including phenoxy) is 1. The van der Waals surface area contributed by atoms with Gasteiger partial charge in [-0.2, -0.15) is 0 Å². The first-order chi connectivity index (χ1) is 7.34. The summed E-state index contributed by atoms with van der Waals surface area (Å²) in [6.07, 6.45) is 2.12. The van der Waals surface area contributed by atoms with E-state index in [1.54, 1.807) is 18.4 Å². The zero-order valence-electron chi connectivity index (χ0n) is 8.36. The van der Waals surface area contributed by atoms with Crippen LogP contribution in [0.1, 0.15) is 12.2 Å². The van der Waals surface area contributed by atoms with Crippen LogP contribution in [0, 0.1) is 0 Å². The SMILES string of the molecule is O=C(NC1CCNC1)OCc1ccco1. The Bertz CT molecular complexity index is 304. The van der Waals surface area contributed by atoms with Crippen LogP contribution in [0.4, 0.5) is 4.79 Å². The Labute approximate surface area is 87.8 Å². The third kappa shape index (κ3) is 2.99. The molecule has 1 amide bonds. The van der Waals surface area contributed by atoms with Gasteiger partial charge in [0.05, 0.1) is 6.26 Å². The quantitative estimate of drug-likeness (QED) is 0.777. The van der Waals surface area contributed by atoms with Crippen LogP contribution in [0.15, 0.2) is 22.8 Å². The van der Waals surface area contributed by atoms with Crippen molar-refractivity contribution in [1.82, 2.24) is 10.6 Å². The number of amides is 1. The molecule has 82 valence electrons. The molecule has 1 aliphatic heterocycles. The van der Waals surface area contributed by atoms with E-state index >= 15 is 0 Å². The van der Waals surface area contributed by atoms with Gasteiger partial charge in [-0.15, -0.1) is 0 Å². The van der Waals surface area contributed by atoms with Crippen LogP contribution >= 0.6 is 0 Å². The maximum atomic E-state index is 11.3. The molecule has 0 radical (unpaired) electrons. The van der Waals surface area contributed by atoms with Gasteiger partial charge in [0.15, 0.2) is 6.61 Å². The maximum Gasteiger partial charge on any atom is 0.407 e. The average molecular weight is 210 g/mol. The maximum absolute atomic E-state index is 11.3. The third-order valence-corrected chi connectivity index (χ3v) is 2.31. The number of carbonyl (C=O) groups is 1. The van der Waals surface area contributed by atoms with Crippen molar-refractivity contribution in [2.24, 2.45) is 0 Å². The van der Waals surface area contributed by atoms with E-state index in [4.69, 9.17) is 9.15 Å². The second kappa shape index (κ2) is 4.84. The first kappa shape index (κ1) is 10.0. The van der Waals surface area contributed by atoms with Gasteiger partial charge in [0, 0.05) is 12.6 Å². The van der Waals surface area contributed by atoms with E-state index in [1.165, 1.54) is 0 Å². The highest BCUT2D eigenvalue weighted by molar-refractivity contribution is 5.67. The average Bonchev–Trinajstić information content (AvgIpc) is 2.86. The molecule has 1 aromatic rings. The molecule has 0 aromatic carbocycles. The molecule has 1 aromatic heterocycles. The summed E-state index contributed by atoms with van der Waals surface area (Å²) >= 11 is 0. The van der Waals surface area contributed by atoms with Gasteiger partial charge >= 0.3 is 6.09 Å². The molecule has 1 unspecified atom stereocenters. The van der Waals surface area contributed by atoms with Gasteiger partial charge in [-0.3, -0.25) is 0 Å². The Morgan fingerprint density at radius 2 is 2.67 bits per heavy atom. The number of hydrogen-bond donors (Lipinski definition) is 2. The number of alkyl carbamates (subject to hydrolysis) is 1. The second-order valence-electron chi connectivity index (χ2n) is 3.49. The van der Waals surface area contributed by atoms with E-state index in [1.807, 2.05) is 0 Å². The number of carbonyl (C=O) groups excluding carboxylic acids is 1. The molecule has 5 nitrogen and oxygen atoms in total. The molecule has 2 rings (SSSR count). The van der Waals surface area contributed by atoms with Gasteiger partial charge in [0.25, 0.3) is 0 Å². The predicted molar refractivity (Wildman–Crippen MR) is 53.3 cm³/mol. The van der Waals surface area contributed by atoms with Crippen LogP contribution in [-0.2, 0) is 11.3 Å². The normalized spacial score (nSPS) is 20.1. The lowest BCUT2D eigenvalue weighted by molar-refractivity contribution is 0.128. The highest BCUT2D eigenvalue weighted by Gasteiger charge is 2.17. The molecule has 15 heavy (non-hydrogen) atoms. The third-order valence-electron chi connectivity index (χ3n) is 2.31. The van der Waals surface area contributed by atoms with E-state index in [0.29, 0.717) is 5.76 Å². The first-order valence-corrected chi connectivity index (χ1v) is 5.01. The molecule has 0 saturated carbocycles. The Kier molecular flexibility index (Phi) is 3.24. The summed E-state index contributed by atoms with van der Waals surface area (Å²) in [6, 6.07) is 3.72. The summed E-state index contributed by atoms with van der Waals surface area (Å²) in [5, 5.41) is 5.93. The van der Waals surface area contributed by atoms with Crippen LogP contribution < -0.4 is 10.6 Å². The molecule has 1 atom stereocenters. The van der Waals surface area contributed by atoms with E-state index in [9.17, 15) is 4.79 Å². The Morgan fingerprint density at radius 1 is 1.73 bits per heavy atom. The molecule has 1 saturated heterocycles. The minimum atomic E-state index is -0.389. The number of hydrogen-bond acceptors (Lipinski definition) is 4. The standard InChI is InChI=1S/C10H14N2O3/c13-10(12-8-3-4-11-6-8)15-7-9-2-1-5-14-9/h1-2,5,8,11H,3-4,6-7H2,(H,12,13). The van der Waals surface area contributed by atoms with E-state index in [2.05, 4.69) is 10.6 Å². The van der Waals surface area contributed by atoms with Crippen LogP contribution in [0.2, 0.25) is 0 Å². The summed E-state index contributed by atoms with van der Waals surface area (Å²) in [4.78, 5) is 11.3. The van der Waals surface area contributed by atoms with Crippen molar-refractivity contribution in [2.45, 2.75) is 19.1 Å². The topological polar surface area (TPSA) is 63.5 Å². The summed E-state index contributed by atoms with van der Waals surface area (Å²) in [5.74, 6) is 0.648. The zero-order valence-corrected chi connectivity index (χ0v) is 8.36. The van der Waals surface area contributed by atoms with Gasteiger partial charge in [0.1, 0.15) is 5.76 Å². The largest absolute Gasteiger partial charge is 0.466 e. The van der Waals surface area contributed by atoms with E-state index < -0.39 is 0 Å². The van der Waals surface area contributed by atoms with Crippen molar-refractivity contribution >= 4 is 6.09 Å². The molecule has 5 heteroatoms. The number of furan rings is 1. The number of rotatable bonds is 3. The molecule has 1 aliphatic rings. The van der Waals surface area contributed by atoms with Crippen LogP contribution in [0.25, 0.3) is 0 Å². The monoisotopic (exact) mass is 210 g/mol. The second-order valence-corrected chi connectivity index (χ2v) is 3.49. The minimum Gasteiger partial charge on any atom is -0.466 e. The van der Waals surface area contributed by atoms with E-state index in [0.717, 1.165) is 19.5 Å². The fourth-order valence-electron chi connectivity index (χ4n) is 1.52. The van der Waals surface area contributed by atoms with Gasteiger partial charge in [0.2, 0.25) is 0 Å². The summed E-state index contributed by atoms with van der Waals surface area (Å²) in [7, 11) is 0. The van der Waals surface area contributed by atoms with Gasteiger partial charge in [-0.1, -0.05) is 0 Å². The molecule has 0 aliphatic carbocycles. The highest BCUT2D eigenvalue weighted by atomic mass is 16.6. The fraction of sp³-hybridized carbons (Fsp3) is 0.500. The van der Waals surface area contributed by atoms with Gasteiger partial charge in [-0.25, -0.2) is 4.79 Å². The molecular weight excluding hydrogens is 196 g/mol. The lowest BCUT2D eigenvalue weighted by Crippen LogP contribution is -2.36. The van der Waals surface area contributed by atoms with Gasteiger partial charge in [-0.05, 0) is 25.1 Å². The predicted octanol–water partition coefficient (Wildman–Crippen LogP) is 0.868. The number of nitrogens with one attached hydrogen (secondary N) is 2. The summed E-state index contributed by atoms with van der Waals surface area (Å²) in [6.45, 7) is 1.94. The molecular formula is C10H14N2O3. The van der Waals surface area contributed by atoms with Gasteiger partial charge < -0.3 is 19.8 Å². The Morgan fingerprint density at radius 3 is 3.33 bits per heavy atom. The molecule has 2 N–H and O–H groups in total. The van der Waals surface area contributed by atoms with Crippen molar-refractivity contribution < 1.29 is 13.9 Å². The lowest BCUT2D eigenvalue weighted by atomic mass is 10.3. The molecule has 0 spiro atoms. The molecule has 2 heterocycles. The van der Waals surface area contributed by atoms with Crippen LogP contribution in [0.3, 0.4) is 0 Å². The first-order valence-electron chi connectivity index (χ1n) is 5.01. The Hall–Kier alpha value is -1.49.